The second-order valence-electron chi connectivity index (χ2n) is 6.84. The standard InChI is InChI=1S/C13H26N2/c1-12(2,3)15-10-11(9-13(15,4)5)14-7-6-8-14/h11H,6-10H2,1-5H3. The average molecular weight is 210 g/mol. The highest BCUT2D eigenvalue weighted by Crippen LogP contribution is 2.37. The van der Waals surface area contributed by atoms with Crippen molar-refractivity contribution in [3.05, 3.63) is 0 Å². The quantitative estimate of drug-likeness (QED) is 0.655. The minimum absolute atomic E-state index is 0.309. The molecule has 2 heteroatoms. The van der Waals surface area contributed by atoms with Crippen molar-refractivity contribution in [2.75, 3.05) is 19.6 Å². The number of rotatable bonds is 1. The number of nitrogens with zero attached hydrogens (tertiary/aromatic N) is 2. The number of hydrogen-bond donors (Lipinski definition) is 0. The van der Waals surface area contributed by atoms with Gasteiger partial charge in [0.1, 0.15) is 0 Å². The third-order valence-corrected chi connectivity index (χ3v) is 4.08. The monoisotopic (exact) mass is 210 g/mol. The molecule has 2 aliphatic rings. The van der Waals surface area contributed by atoms with Gasteiger partial charge in [-0.1, -0.05) is 0 Å². The summed E-state index contributed by atoms with van der Waals surface area (Å²) in [5.74, 6) is 0. The molecule has 0 aromatic rings. The molecule has 0 radical (unpaired) electrons. The maximum Gasteiger partial charge on any atom is 0.0241 e. The van der Waals surface area contributed by atoms with Gasteiger partial charge in [-0.05, 0) is 60.5 Å². The van der Waals surface area contributed by atoms with Crippen LogP contribution in [0.1, 0.15) is 47.5 Å². The van der Waals surface area contributed by atoms with Crippen molar-refractivity contribution in [2.24, 2.45) is 0 Å². The van der Waals surface area contributed by atoms with Crippen LogP contribution in [-0.4, -0.2) is 46.6 Å². The molecule has 2 saturated heterocycles. The fraction of sp³-hybridized carbons (Fsp3) is 1.00. The first-order valence-electron chi connectivity index (χ1n) is 6.32. The van der Waals surface area contributed by atoms with E-state index in [9.17, 15) is 0 Å². The zero-order valence-corrected chi connectivity index (χ0v) is 11.0. The molecule has 0 aliphatic carbocycles. The highest BCUT2D eigenvalue weighted by atomic mass is 15.3. The van der Waals surface area contributed by atoms with E-state index in [1.54, 1.807) is 0 Å². The smallest absolute Gasteiger partial charge is 0.0241 e. The molecule has 2 aliphatic heterocycles. The normalized spacial score (nSPS) is 33.0. The zero-order chi connectivity index (χ0) is 11.3. The molecule has 1 unspecified atom stereocenters. The van der Waals surface area contributed by atoms with Gasteiger partial charge in [-0.25, -0.2) is 0 Å². The van der Waals surface area contributed by atoms with E-state index in [1.165, 1.54) is 32.5 Å². The summed E-state index contributed by atoms with van der Waals surface area (Å²) in [4.78, 5) is 5.34. The van der Waals surface area contributed by atoms with E-state index in [2.05, 4.69) is 44.4 Å². The van der Waals surface area contributed by atoms with Crippen LogP contribution in [0.25, 0.3) is 0 Å². The summed E-state index contributed by atoms with van der Waals surface area (Å²) in [5, 5.41) is 0. The van der Waals surface area contributed by atoms with Crippen LogP contribution >= 0.6 is 0 Å². The van der Waals surface area contributed by atoms with Crippen LogP contribution in [0.4, 0.5) is 0 Å². The summed E-state index contributed by atoms with van der Waals surface area (Å²) in [5.41, 5.74) is 0.682. The van der Waals surface area contributed by atoms with Gasteiger partial charge in [-0.3, -0.25) is 9.80 Å². The lowest BCUT2D eigenvalue weighted by Crippen LogP contribution is -2.51. The van der Waals surface area contributed by atoms with Gasteiger partial charge in [0.2, 0.25) is 0 Å². The number of hydrogen-bond acceptors (Lipinski definition) is 2. The summed E-state index contributed by atoms with van der Waals surface area (Å²) in [6, 6.07) is 0.813. The molecule has 1 atom stereocenters. The average Bonchev–Trinajstić information content (AvgIpc) is 2.20. The fourth-order valence-corrected chi connectivity index (χ4v) is 3.34. The molecule has 2 fully saturated rings. The molecular formula is C13H26N2. The van der Waals surface area contributed by atoms with Gasteiger partial charge < -0.3 is 0 Å². The van der Waals surface area contributed by atoms with Crippen molar-refractivity contribution < 1.29 is 0 Å². The largest absolute Gasteiger partial charge is 0.299 e. The van der Waals surface area contributed by atoms with E-state index in [-0.39, 0.29) is 0 Å². The lowest BCUT2D eigenvalue weighted by atomic mass is 9.95. The Morgan fingerprint density at radius 2 is 1.73 bits per heavy atom. The Hall–Kier alpha value is -0.0800. The van der Waals surface area contributed by atoms with Gasteiger partial charge in [-0.15, -0.1) is 0 Å². The Kier molecular flexibility index (Phi) is 2.63. The molecule has 2 heterocycles. The molecular weight excluding hydrogens is 184 g/mol. The Bertz CT molecular complexity index is 235. The zero-order valence-electron chi connectivity index (χ0n) is 11.0. The molecule has 0 aromatic carbocycles. The van der Waals surface area contributed by atoms with Crippen LogP contribution in [0.2, 0.25) is 0 Å². The van der Waals surface area contributed by atoms with Crippen molar-refractivity contribution in [1.82, 2.24) is 9.80 Å². The lowest BCUT2D eigenvalue weighted by Gasteiger charge is -2.42. The number of likely N-dealkylation sites (tertiary alicyclic amines) is 2. The summed E-state index contributed by atoms with van der Waals surface area (Å²) < 4.78 is 0. The Morgan fingerprint density at radius 3 is 2.07 bits per heavy atom. The lowest BCUT2D eigenvalue weighted by molar-refractivity contribution is 0.0619. The summed E-state index contributed by atoms with van der Waals surface area (Å²) >= 11 is 0. The second kappa shape index (κ2) is 3.46. The van der Waals surface area contributed by atoms with Gasteiger partial charge in [0, 0.05) is 23.7 Å². The predicted molar refractivity (Wildman–Crippen MR) is 65.1 cm³/mol. The van der Waals surface area contributed by atoms with Crippen molar-refractivity contribution in [2.45, 2.75) is 64.6 Å². The van der Waals surface area contributed by atoms with E-state index in [4.69, 9.17) is 0 Å². The molecule has 15 heavy (non-hydrogen) atoms. The van der Waals surface area contributed by atoms with Gasteiger partial charge in [-0.2, -0.15) is 0 Å². The maximum absolute atomic E-state index is 2.68. The summed E-state index contributed by atoms with van der Waals surface area (Å²) in [6.07, 6.45) is 2.75. The van der Waals surface area contributed by atoms with Crippen LogP contribution in [-0.2, 0) is 0 Å². The van der Waals surface area contributed by atoms with Crippen LogP contribution in [0.5, 0.6) is 0 Å². The molecule has 0 aromatic heterocycles. The van der Waals surface area contributed by atoms with E-state index in [0.717, 1.165) is 6.04 Å². The van der Waals surface area contributed by atoms with E-state index >= 15 is 0 Å². The van der Waals surface area contributed by atoms with Gasteiger partial charge in [0.05, 0.1) is 0 Å². The van der Waals surface area contributed by atoms with Crippen molar-refractivity contribution in [1.29, 1.82) is 0 Å². The molecule has 2 rings (SSSR count). The van der Waals surface area contributed by atoms with Crippen LogP contribution in [0.15, 0.2) is 0 Å². The van der Waals surface area contributed by atoms with Crippen LogP contribution in [0.3, 0.4) is 0 Å². The minimum Gasteiger partial charge on any atom is -0.299 e. The highest BCUT2D eigenvalue weighted by Gasteiger charge is 2.45. The first-order valence-corrected chi connectivity index (χ1v) is 6.32. The molecule has 0 N–H and O–H groups in total. The second-order valence-corrected chi connectivity index (χ2v) is 6.84. The topological polar surface area (TPSA) is 6.48 Å². The highest BCUT2D eigenvalue weighted by molar-refractivity contribution is 5.02. The van der Waals surface area contributed by atoms with Crippen molar-refractivity contribution >= 4 is 0 Å². The van der Waals surface area contributed by atoms with Crippen LogP contribution in [0, 0.1) is 0 Å². The van der Waals surface area contributed by atoms with Crippen molar-refractivity contribution in [3.8, 4) is 0 Å². The third-order valence-electron chi connectivity index (χ3n) is 4.08. The molecule has 0 saturated carbocycles. The third kappa shape index (κ3) is 2.07. The predicted octanol–water partition coefficient (Wildman–Crippen LogP) is 2.34. The Balaban J connectivity index is 2.07. The Morgan fingerprint density at radius 1 is 1.13 bits per heavy atom. The summed E-state index contributed by atoms with van der Waals surface area (Å²) in [6.45, 7) is 15.7. The maximum atomic E-state index is 2.68. The van der Waals surface area contributed by atoms with Crippen LogP contribution < -0.4 is 0 Å². The fourth-order valence-electron chi connectivity index (χ4n) is 3.34. The van der Waals surface area contributed by atoms with Crippen molar-refractivity contribution in [3.63, 3.8) is 0 Å². The van der Waals surface area contributed by atoms with E-state index in [0.29, 0.717) is 11.1 Å². The van der Waals surface area contributed by atoms with E-state index in [1.807, 2.05) is 0 Å². The minimum atomic E-state index is 0.309. The van der Waals surface area contributed by atoms with Gasteiger partial charge in [0.25, 0.3) is 0 Å². The van der Waals surface area contributed by atoms with Gasteiger partial charge >= 0.3 is 0 Å². The first kappa shape index (κ1) is 11.4. The first-order chi connectivity index (χ1) is 6.81. The Labute approximate surface area is 94.6 Å². The molecule has 0 spiro atoms. The van der Waals surface area contributed by atoms with E-state index < -0.39 is 0 Å². The molecule has 88 valence electrons. The molecule has 0 bridgehead atoms. The molecule has 0 amide bonds. The summed E-state index contributed by atoms with van der Waals surface area (Å²) in [7, 11) is 0. The SMILES string of the molecule is CC(C)(C)N1CC(N2CCC2)CC1(C)C. The van der Waals surface area contributed by atoms with Gasteiger partial charge in [0.15, 0.2) is 0 Å². The molecule has 2 nitrogen and oxygen atoms in total.